The van der Waals surface area contributed by atoms with E-state index in [0.717, 1.165) is 12.1 Å². The Morgan fingerprint density at radius 2 is 2.12 bits per heavy atom. The molecule has 1 aromatic carbocycles. The number of nitrogens with two attached hydrogens (primary N) is 1. The van der Waals surface area contributed by atoms with Gasteiger partial charge in [0.15, 0.2) is 17.6 Å². The zero-order valence-electron chi connectivity index (χ0n) is 9.15. The summed E-state index contributed by atoms with van der Waals surface area (Å²) < 4.78 is 25.8. The number of halogens is 2. The zero-order valence-corrected chi connectivity index (χ0v) is 9.15. The molecule has 2 N–H and O–H groups in total. The highest BCUT2D eigenvalue weighted by Gasteiger charge is 2.26. The monoisotopic (exact) mass is 239 g/mol. The number of carbonyl (C=O) groups is 1. The standard InChI is InChI=1S/C11H11F2N3O/c1-16-10(17)5-9(15-11(16)14)6-2-3-7(12)8(13)4-6/h2-4,9H,5H2,1H3,(H2,14,15)/t9-/m0/s1. The summed E-state index contributed by atoms with van der Waals surface area (Å²) in [6.45, 7) is 0. The van der Waals surface area contributed by atoms with Crippen molar-refractivity contribution in [2.45, 2.75) is 12.5 Å². The van der Waals surface area contributed by atoms with Gasteiger partial charge in [-0.25, -0.2) is 13.8 Å². The van der Waals surface area contributed by atoms with Gasteiger partial charge < -0.3 is 5.73 Å². The molecule has 17 heavy (non-hydrogen) atoms. The summed E-state index contributed by atoms with van der Waals surface area (Å²) in [4.78, 5) is 16.8. The maximum atomic E-state index is 13.1. The van der Waals surface area contributed by atoms with E-state index in [-0.39, 0.29) is 18.3 Å². The Bertz CT molecular complexity index is 501. The van der Waals surface area contributed by atoms with Gasteiger partial charge in [-0.2, -0.15) is 0 Å². The van der Waals surface area contributed by atoms with Crippen molar-refractivity contribution in [1.29, 1.82) is 0 Å². The molecule has 4 nitrogen and oxygen atoms in total. The summed E-state index contributed by atoms with van der Waals surface area (Å²) in [5.41, 5.74) is 5.99. The summed E-state index contributed by atoms with van der Waals surface area (Å²) in [5.74, 6) is -2.00. The lowest BCUT2D eigenvalue weighted by Crippen LogP contribution is -2.42. The molecular weight excluding hydrogens is 228 g/mol. The van der Waals surface area contributed by atoms with Crippen molar-refractivity contribution in [3.8, 4) is 0 Å². The van der Waals surface area contributed by atoms with Crippen molar-refractivity contribution in [2.24, 2.45) is 10.7 Å². The lowest BCUT2D eigenvalue weighted by Gasteiger charge is -2.25. The van der Waals surface area contributed by atoms with Crippen molar-refractivity contribution in [2.75, 3.05) is 7.05 Å². The molecule has 1 heterocycles. The number of amides is 1. The first kappa shape index (κ1) is 11.5. The van der Waals surface area contributed by atoms with E-state index < -0.39 is 17.7 Å². The molecule has 0 saturated heterocycles. The number of nitrogens with zero attached hydrogens (tertiary/aromatic N) is 2. The number of rotatable bonds is 1. The predicted octanol–water partition coefficient (Wildman–Crippen LogP) is 1.18. The van der Waals surface area contributed by atoms with Crippen LogP contribution in [0.3, 0.4) is 0 Å². The van der Waals surface area contributed by atoms with Gasteiger partial charge in [0, 0.05) is 7.05 Å². The van der Waals surface area contributed by atoms with Crippen LogP contribution >= 0.6 is 0 Å². The van der Waals surface area contributed by atoms with E-state index in [1.165, 1.54) is 18.0 Å². The van der Waals surface area contributed by atoms with Gasteiger partial charge in [-0.3, -0.25) is 9.69 Å². The summed E-state index contributed by atoms with van der Waals surface area (Å²) in [7, 11) is 1.52. The molecule has 0 saturated carbocycles. The predicted molar refractivity (Wildman–Crippen MR) is 58.1 cm³/mol. The molecule has 0 unspecified atom stereocenters. The fourth-order valence-electron chi connectivity index (χ4n) is 1.63. The van der Waals surface area contributed by atoms with Crippen LogP contribution in [0.4, 0.5) is 8.78 Å². The van der Waals surface area contributed by atoms with Gasteiger partial charge >= 0.3 is 0 Å². The minimum atomic E-state index is -0.956. The molecule has 0 aliphatic carbocycles. The molecule has 1 amide bonds. The van der Waals surface area contributed by atoms with Crippen LogP contribution in [0.5, 0.6) is 0 Å². The van der Waals surface area contributed by atoms with Crippen molar-refractivity contribution >= 4 is 11.9 Å². The Balaban J connectivity index is 2.35. The number of guanidine groups is 1. The SMILES string of the molecule is CN1C(=O)C[C@@H](c2ccc(F)c(F)c2)N=C1N. The summed E-state index contributed by atoms with van der Waals surface area (Å²) >= 11 is 0. The van der Waals surface area contributed by atoms with Crippen LogP contribution in [0, 0.1) is 11.6 Å². The van der Waals surface area contributed by atoms with E-state index in [0.29, 0.717) is 5.56 Å². The zero-order chi connectivity index (χ0) is 12.6. The van der Waals surface area contributed by atoms with Gasteiger partial charge in [0.1, 0.15) is 0 Å². The third-order valence-electron chi connectivity index (χ3n) is 2.70. The topological polar surface area (TPSA) is 58.7 Å². The molecule has 6 heteroatoms. The normalized spacial score (nSPS) is 20.4. The molecule has 0 radical (unpaired) electrons. The maximum absolute atomic E-state index is 13.1. The fraction of sp³-hybridized carbons (Fsp3) is 0.273. The largest absolute Gasteiger partial charge is 0.369 e. The molecule has 0 aromatic heterocycles. The molecule has 1 aliphatic heterocycles. The molecule has 2 rings (SSSR count). The molecule has 0 fully saturated rings. The molecule has 90 valence electrons. The minimum Gasteiger partial charge on any atom is -0.369 e. The van der Waals surface area contributed by atoms with Crippen molar-refractivity contribution in [1.82, 2.24) is 4.90 Å². The third kappa shape index (κ3) is 2.11. The van der Waals surface area contributed by atoms with E-state index in [9.17, 15) is 13.6 Å². The van der Waals surface area contributed by atoms with Gasteiger partial charge in [-0.05, 0) is 17.7 Å². The second-order valence-electron chi connectivity index (χ2n) is 3.83. The quantitative estimate of drug-likeness (QED) is 0.800. The van der Waals surface area contributed by atoms with Gasteiger partial charge in [-0.15, -0.1) is 0 Å². The third-order valence-corrected chi connectivity index (χ3v) is 2.70. The molecule has 1 aromatic rings. The van der Waals surface area contributed by atoms with Crippen LogP contribution in [0.1, 0.15) is 18.0 Å². The van der Waals surface area contributed by atoms with Crippen LogP contribution in [-0.4, -0.2) is 23.8 Å². The summed E-state index contributed by atoms with van der Waals surface area (Å²) in [6, 6.07) is 2.90. The first-order valence-electron chi connectivity index (χ1n) is 5.04. The van der Waals surface area contributed by atoms with E-state index >= 15 is 0 Å². The second kappa shape index (κ2) is 4.12. The smallest absolute Gasteiger partial charge is 0.231 e. The highest BCUT2D eigenvalue weighted by atomic mass is 19.2. The Morgan fingerprint density at radius 3 is 2.71 bits per heavy atom. The van der Waals surface area contributed by atoms with Gasteiger partial charge in [-0.1, -0.05) is 6.07 Å². The Hall–Kier alpha value is -1.98. The minimum absolute atomic E-state index is 0.0796. The molecular formula is C11H11F2N3O. The lowest BCUT2D eigenvalue weighted by molar-refractivity contribution is -0.127. The number of benzene rings is 1. The summed E-state index contributed by atoms with van der Waals surface area (Å²) in [6.07, 6.45) is 0.0995. The highest BCUT2D eigenvalue weighted by Crippen LogP contribution is 2.26. The Morgan fingerprint density at radius 1 is 1.41 bits per heavy atom. The number of carbonyl (C=O) groups excluding carboxylic acids is 1. The van der Waals surface area contributed by atoms with E-state index in [1.54, 1.807) is 0 Å². The Kier molecular flexibility index (Phi) is 2.79. The van der Waals surface area contributed by atoms with Crippen LogP contribution in [0.2, 0.25) is 0 Å². The number of aliphatic imine (C=N–C) groups is 1. The summed E-state index contributed by atoms with van der Waals surface area (Å²) in [5, 5.41) is 0. The Labute approximate surface area is 96.7 Å². The number of hydrogen-bond donors (Lipinski definition) is 1. The van der Waals surface area contributed by atoms with Crippen LogP contribution < -0.4 is 5.73 Å². The molecule has 1 aliphatic rings. The lowest BCUT2D eigenvalue weighted by atomic mass is 10.0. The van der Waals surface area contributed by atoms with Crippen LogP contribution in [-0.2, 0) is 4.79 Å². The van der Waals surface area contributed by atoms with Gasteiger partial charge in [0.25, 0.3) is 0 Å². The first-order chi connectivity index (χ1) is 7.99. The molecule has 0 spiro atoms. The van der Waals surface area contributed by atoms with Crippen molar-refractivity contribution in [3.05, 3.63) is 35.4 Å². The highest BCUT2D eigenvalue weighted by molar-refractivity contribution is 5.98. The van der Waals surface area contributed by atoms with Gasteiger partial charge in [0.2, 0.25) is 5.91 Å². The van der Waals surface area contributed by atoms with Gasteiger partial charge in [0.05, 0.1) is 12.5 Å². The van der Waals surface area contributed by atoms with E-state index in [1.807, 2.05) is 0 Å². The van der Waals surface area contributed by atoms with E-state index in [4.69, 9.17) is 5.73 Å². The van der Waals surface area contributed by atoms with Crippen molar-refractivity contribution < 1.29 is 13.6 Å². The average molecular weight is 239 g/mol. The number of hydrogen-bond acceptors (Lipinski definition) is 3. The van der Waals surface area contributed by atoms with Crippen LogP contribution in [0.15, 0.2) is 23.2 Å². The second-order valence-corrected chi connectivity index (χ2v) is 3.83. The van der Waals surface area contributed by atoms with E-state index in [2.05, 4.69) is 4.99 Å². The average Bonchev–Trinajstić information content (AvgIpc) is 2.29. The fourth-order valence-corrected chi connectivity index (χ4v) is 1.63. The maximum Gasteiger partial charge on any atom is 0.231 e. The molecule has 1 atom stereocenters. The molecule has 0 bridgehead atoms. The first-order valence-corrected chi connectivity index (χ1v) is 5.04. The van der Waals surface area contributed by atoms with Crippen molar-refractivity contribution in [3.63, 3.8) is 0 Å². The van der Waals surface area contributed by atoms with Crippen LogP contribution in [0.25, 0.3) is 0 Å².